The maximum atomic E-state index is 13.3. The van der Waals surface area contributed by atoms with Crippen LogP contribution >= 0.6 is 11.8 Å². The molecule has 5 rings (SSSR count). The summed E-state index contributed by atoms with van der Waals surface area (Å²) in [6.45, 7) is 11.2. The fourth-order valence-corrected chi connectivity index (χ4v) is 8.20. The summed E-state index contributed by atoms with van der Waals surface area (Å²) < 4.78 is 35.5. The van der Waals surface area contributed by atoms with E-state index in [9.17, 15) is 13.2 Å². The van der Waals surface area contributed by atoms with Gasteiger partial charge < -0.3 is 10.1 Å². The smallest absolute Gasteiger partial charge is 0.264 e. The second kappa shape index (κ2) is 13.1. The Labute approximate surface area is 265 Å². The van der Waals surface area contributed by atoms with E-state index in [0.29, 0.717) is 11.4 Å². The number of nitrogens with zero attached hydrogens (tertiary/aromatic N) is 2. The average Bonchev–Trinajstić information content (AvgIpc) is 2.97. The SMILES string of the molecule is Cc1cccc(C)c1-c1cc2nc(n1)NS(=O)(=O)c1cccc(c1)C(=O)NCC(CSCCc1ccc([Si](C)(C)C)cc1)O2. The number of hydrogen-bond donors (Lipinski definition) is 2. The molecule has 0 saturated heterocycles. The number of carbonyl (C=O) groups is 1. The second-order valence-corrected chi connectivity index (χ2v) is 19.9. The molecule has 0 fully saturated rings. The van der Waals surface area contributed by atoms with Crippen LogP contribution in [0.2, 0.25) is 19.6 Å². The molecule has 44 heavy (non-hydrogen) atoms. The largest absolute Gasteiger partial charge is 0.471 e. The van der Waals surface area contributed by atoms with Gasteiger partial charge in [0.05, 0.1) is 25.2 Å². The molecule has 0 spiro atoms. The lowest BCUT2D eigenvalue weighted by atomic mass is 10.00. The van der Waals surface area contributed by atoms with Gasteiger partial charge in [0.25, 0.3) is 15.9 Å². The van der Waals surface area contributed by atoms with Crippen molar-refractivity contribution >= 4 is 46.9 Å². The molecule has 1 aromatic heterocycles. The number of rotatable bonds is 7. The van der Waals surface area contributed by atoms with Gasteiger partial charge in [0.1, 0.15) is 6.10 Å². The molecule has 0 aliphatic carbocycles. The highest BCUT2D eigenvalue weighted by atomic mass is 32.2. The molecule has 4 bridgehead atoms. The molecule has 0 radical (unpaired) electrons. The molecule has 230 valence electrons. The van der Waals surface area contributed by atoms with Crippen molar-refractivity contribution in [1.29, 1.82) is 0 Å². The third kappa shape index (κ3) is 7.69. The van der Waals surface area contributed by atoms with Gasteiger partial charge >= 0.3 is 0 Å². The summed E-state index contributed by atoms with van der Waals surface area (Å²) in [5, 5.41) is 4.37. The number of nitrogens with one attached hydrogen (secondary N) is 2. The van der Waals surface area contributed by atoms with Gasteiger partial charge in [-0.2, -0.15) is 16.7 Å². The Hall–Kier alpha value is -3.67. The first-order valence-corrected chi connectivity index (χ1v) is 20.7. The zero-order valence-corrected chi connectivity index (χ0v) is 28.3. The Bertz CT molecular complexity index is 1750. The number of aromatic nitrogens is 2. The number of anilines is 1. The van der Waals surface area contributed by atoms with E-state index in [-0.39, 0.29) is 34.7 Å². The number of benzene rings is 3. The van der Waals surface area contributed by atoms with Crippen molar-refractivity contribution in [1.82, 2.24) is 15.3 Å². The van der Waals surface area contributed by atoms with Crippen molar-refractivity contribution in [3.63, 3.8) is 0 Å². The lowest BCUT2D eigenvalue weighted by Gasteiger charge is -2.20. The minimum Gasteiger partial charge on any atom is -0.471 e. The molecule has 1 unspecified atom stereocenters. The van der Waals surface area contributed by atoms with E-state index in [4.69, 9.17) is 4.74 Å². The fourth-order valence-electron chi connectivity index (χ4n) is 5.05. The molecular weight excluding hydrogens is 609 g/mol. The predicted molar refractivity (Wildman–Crippen MR) is 181 cm³/mol. The Balaban J connectivity index is 1.42. The Morgan fingerprint density at radius 3 is 2.36 bits per heavy atom. The quantitative estimate of drug-likeness (QED) is 0.200. The van der Waals surface area contributed by atoms with Crippen molar-refractivity contribution in [2.75, 3.05) is 22.8 Å². The van der Waals surface area contributed by atoms with Crippen molar-refractivity contribution in [2.24, 2.45) is 0 Å². The molecule has 4 aromatic rings. The fraction of sp³-hybridized carbons (Fsp3) is 0.303. The van der Waals surface area contributed by atoms with E-state index >= 15 is 0 Å². The third-order valence-corrected chi connectivity index (χ3v) is 12.0. The number of amides is 1. The van der Waals surface area contributed by atoms with Crippen molar-refractivity contribution in [2.45, 2.75) is 50.9 Å². The minimum absolute atomic E-state index is 0.0575. The summed E-state index contributed by atoms with van der Waals surface area (Å²) in [5.74, 6) is 1.22. The highest BCUT2D eigenvalue weighted by Crippen LogP contribution is 2.30. The van der Waals surface area contributed by atoms with Crippen LogP contribution in [0.1, 0.15) is 27.0 Å². The van der Waals surface area contributed by atoms with Crippen molar-refractivity contribution in [3.05, 3.63) is 95.1 Å². The average molecular weight is 647 g/mol. The molecule has 2 heterocycles. The van der Waals surface area contributed by atoms with Gasteiger partial charge in [-0.05, 0) is 60.9 Å². The number of aryl methyl sites for hydroxylation is 3. The van der Waals surface area contributed by atoms with Crippen LogP contribution in [-0.4, -0.2) is 56.5 Å². The third-order valence-electron chi connectivity index (χ3n) is 7.51. The summed E-state index contributed by atoms with van der Waals surface area (Å²) in [5.41, 5.74) is 4.94. The Kier molecular flexibility index (Phi) is 9.47. The van der Waals surface area contributed by atoms with Gasteiger partial charge in [0.15, 0.2) is 0 Å². The Morgan fingerprint density at radius 1 is 0.955 bits per heavy atom. The minimum atomic E-state index is -4.08. The second-order valence-electron chi connectivity index (χ2n) is 12.0. The molecule has 8 nitrogen and oxygen atoms in total. The van der Waals surface area contributed by atoms with Gasteiger partial charge in [0, 0.05) is 22.9 Å². The molecular formula is C33H38N4O4S2Si. The summed E-state index contributed by atoms with van der Waals surface area (Å²) >= 11 is 1.74. The monoisotopic (exact) mass is 646 g/mol. The first-order valence-electron chi connectivity index (χ1n) is 14.6. The molecule has 2 N–H and O–H groups in total. The van der Waals surface area contributed by atoms with Gasteiger partial charge in [-0.25, -0.2) is 18.1 Å². The number of hydrogen-bond acceptors (Lipinski definition) is 7. The number of fused-ring (bicyclic) bond motifs is 4. The van der Waals surface area contributed by atoms with Crippen LogP contribution in [0.3, 0.4) is 0 Å². The van der Waals surface area contributed by atoms with Crippen LogP contribution in [-0.2, 0) is 16.4 Å². The van der Waals surface area contributed by atoms with E-state index in [1.165, 1.54) is 22.9 Å². The normalized spacial score (nSPS) is 16.4. The van der Waals surface area contributed by atoms with E-state index in [1.54, 1.807) is 30.0 Å². The van der Waals surface area contributed by atoms with E-state index in [2.05, 4.69) is 63.9 Å². The lowest BCUT2D eigenvalue weighted by Crippen LogP contribution is -2.37. The molecule has 3 aromatic carbocycles. The Morgan fingerprint density at radius 2 is 1.66 bits per heavy atom. The molecule has 11 heteroatoms. The lowest BCUT2D eigenvalue weighted by molar-refractivity contribution is 0.0932. The summed E-state index contributed by atoms with van der Waals surface area (Å²) in [6.07, 6.45) is 0.492. The summed E-state index contributed by atoms with van der Waals surface area (Å²) in [4.78, 5) is 22.0. The zero-order valence-electron chi connectivity index (χ0n) is 25.7. The van der Waals surface area contributed by atoms with Crippen LogP contribution in [0, 0.1) is 13.8 Å². The number of sulfonamides is 1. The topological polar surface area (TPSA) is 110 Å². The van der Waals surface area contributed by atoms with E-state index in [0.717, 1.165) is 28.9 Å². The summed E-state index contributed by atoms with van der Waals surface area (Å²) in [7, 11) is -5.42. The molecule has 1 atom stereocenters. The highest BCUT2D eigenvalue weighted by Gasteiger charge is 2.23. The number of ether oxygens (including phenoxy) is 1. The standard InChI is InChI=1S/C33H38N4O4S2Si/c1-22-8-6-9-23(2)31(22)29-19-30-36-33(35-29)37-43(39,40)27-11-7-10-25(18-27)32(38)34-20-26(41-30)21-42-17-16-24-12-14-28(15-13-24)44(3,4)5/h6-15,18-19,26H,16-17,20-21H2,1-5H3,(H,34,38)(H,35,36,37). The highest BCUT2D eigenvalue weighted by molar-refractivity contribution is 7.99. The molecule has 1 aliphatic heterocycles. The van der Waals surface area contributed by atoms with E-state index in [1.807, 2.05) is 32.0 Å². The van der Waals surface area contributed by atoms with Crippen LogP contribution < -0.4 is 20.0 Å². The van der Waals surface area contributed by atoms with Crippen LogP contribution in [0.5, 0.6) is 5.88 Å². The zero-order chi connectivity index (χ0) is 31.5. The first-order chi connectivity index (χ1) is 20.9. The maximum Gasteiger partial charge on any atom is 0.264 e. The summed E-state index contributed by atoms with van der Waals surface area (Å²) in [6, 6.07) is 22.5. The van der Waals surface area contributed by atoms with Crippen molar-refractivity contribution in [3.8, 4) is 17.1 Å². The first kappa shape index (κ1) is 31.7. The van der Waals surface area contributed by atoms with Gasteiger partial charge in [-0.3, -0.25) is 4.79 Å². The number of carbonyl (C=O) groups excluding carboxylic acids is 1. The van der Waals surface area contributed by atoms with Crippen molar-refractivity contribution < 1.29 is 17.9 Å². The van der Waals surface area contributed by atoms with E-state index < -0.39 is 24.2 Å². The molecule has 1 aliphatic rings. The van der Waals surface area contributed by atoms with Crippen LogP contribution in [0.15, 0.2) is 77.7 Å². The van der Waals surface area contributed by atoms with Gasteiger partial charge in [-0.1, -0.05) is 73.4 Å². The predicted octanol–water partition coefficient (Wildman–Crippen LogP) is 5.57. The van der Waals surface area contributed by atoms with Gasteiger partial charge in [0.2, 0.25) is 11.8 Å². The number of thioether (sulfide) groups is 1. The molecule has 1 amide bonds. The molecule has 0 saturated carbocycles. The van der Waals surface area contributed by atoms with Gasteiger partial charge in [-0.15, -0.1) is 0 Å². The maximum absolute atomic E-state index is 13.3. The van der Waals surface area contributed by atoms with Crippen LogP contribution in [0.25, 0.3) is 11.3 Å². The van der Waals surface area contributed by atoms with Crippen LogP contribution in [0.4, 0.5) is 5.95 Å².